The summed E-state index contributed by atoms with van der Waals surface area (Å²) in [5.41, 5.74) is 0.133. The van der Waals surface area contributed by atoms with Gasteiger partial charge in [-0.15, -0.1) is 13.2 Å². The molecule has 1 saturated carbocycles. The third kappa shape index (κ3) is 6.51. The summed E-state index contributed by atoms with van der Waals surface area (Å²) in [4.78, 5) is 6.30. The van der Waals surface area contributed by atoms with Crippen LogP contribution in [0.15, 0.2) is 18.3 Å². The van der Waals surface area contributed by atoms with Crippen LogP contribution in [0.3, 0.4) is 0 Å². The van der Waals surface area contributed by atoms with Gasteiger partial charge >= 0.3 is 6.36 Å². The Labute approximate surface area is 164 Å². The highest BCUT2D eigenvalue weighted by molar-refractivity contribution is 5.32. The minimum absolute atomic E-state index is 0.115. The largest absolute Gasteiger partial charge is 0.573 e. The molecule has 1 aliphatic carbocycles. The van der Waals surface area contributed by atoms with Crippen LogP contribution in [0.1, 0.15) is 40.0 Å². The fraction of sp³-hybridized carbons (Fsp3) is 0.750. The number of halogens is 3. The van der Waals surface area contributed by atoms with Crippen molar-refractivity contribution in [2.75, 3.05) is 32.8 Å². The van der Waals surface area contributed by atoms with Crippen LogP contribution in [-0.4, -0.2) is 54.7 Å². The van der Waals surface area contributed by atoms with Crippen molar-refractivity contribution in [1.29, 1.82) is 0 Å². The van der Waals surface area contributed by atoms with Crippen LogP contribution in [0.5, 0.6) is 11.6 Å². The number of likely N-dealkylation sites (tertiary alicyclic amines) is 1. The van der Waals surface area contributed by atoms with E-state index in [1.165, 1.54) is 31.2 Å². The van der Waals surface area contributed by atoms with Crippen molar-refractivity contribution >= 4 is 0 Å². The topological polar surface area (TPSA) is 43.8 Å². The Hall–Kier alpha value is -1.54. The molecule has 1 aromatic heterocycles. The van der Waals surface area contributed by atoms with Gasteiger partial charge in [0, 0.05) is 30.6 Å². The summed E-state index contributed by atoms with van der Waals surface area (Å²) in [5.74, 6) is -0.253. The predicted molar refractivity (Wildman–Crippen MR) is 98.3 cm³/mol. The Morgan fingerprint density at radius 1 is 1.25 bits per heavy atom. The van der Waals surface area contributed by atoms with E-state index in [0.717, 1.165) is 32.7 Å². The Bertz CT molecular complexity index is 657. The van der Waals surface area contributed by atoms with Gasteiger partial charge in [0.05, 0.1) is 18.8 Å². The van der Waals surface area contributed by atoms with Gasteiger partial charge in [-0.1, -0.05) is 0 Å². The van der Waals surface area contributed by atoms with E-state index < -0.39 is 12.1 Å². The lowest BCUT2D eigenvalue weighted by atomic mass is 10.1. The molecule has 2 fully saturated rings. The van der Waals surface area contributed by atoms with Crippen LogP contribution in [0.25, 0.3) is 0 Å². The Morgan fingerprint density at radius 3 is 2.64 bits per heavy atom. The van der Waals surface area contributed by atoms with Crippen molar-refractivity contribution in [2.24, 2.45) is 11.3 Å². The van der Waals surface area contributed by atoms with Crippen molar-refractivity contribution in [1.82, 2.24) is 9.88 Å². The van der Waals surface area contributed by atoms with Gasteiger partial charge in [-0.25, -0.2) is 4.98 Å². The number of hydrogen-bond acceptors (Lipinski definition) is 5. The summed E-state index contributed by atoms with van der Waals surface area (Å²) in [6, 6.07) is 2.60. The standard InChI is InChI=1S/C20H29F3N2O3/c1-18(2,3)27-14-19(7-8-19)13-25-10-6-15(11-25)12-26-17-16(5-4-9-24-17)28-20(21,22)23/h4-5,9,15H,6-8,10-14H2,1-3H3/t15-/m0/s1. The maximum absolute atomic E-state index is 12.5. The first-order valence-corrected chi connectivity index (χ1v) is 9.74. The molecule has 2 heterocycles. The molecule has 0 bridgehead atoms. The van der Waals surface area contributed by atoms with Gasteiger partial charge in [-0.3, -0.25) is 0 Å². The second-order valence-corrected chi connectivity index (χ2v) is 8.96. The zero-order chi connectivity index (χ0) is 20.4. The second-order valence-electron chi connectivity index (χ2n) is 8.96. The first-order valence-electron chi connectivity index (χ1n) is 9.74. The average molecular weight is 402 g/mol. The van der Waals surface area contributed by atoms with Crippen LogP contribution >= 0.6 is 0 Å². The van der Waals surface area contributed by atoms with E-state index in [-0.39, 0.29) is 22.8 Å². The van der Waals surface area contributed by atoms with E-state index in [1.807, 2.05) is 0 Å². The van der Waals surface area contributed by atoms with E-state index in [2.05, 4.69) is 35.4 Å². The fourth-order valence-corrected chi connectivity index (χ4v) is 3.44. The Balaban J connectivity index is 1.46. The zero-order valence-corrected chi connectivity index (χ0v) is 16.7. The summed E-state index contributed by atoms with van der Waals surface area (Å²) >= 11 is 0. The van der Waals surface area contributed by atoms with E-state index >= 15 is 0 Å². The SMILES string of the molecule is CC(C)(C)OCC1(CN2CC[C@H](COc3ncccc3OC(F)(F)F)C2)CC1. The normalized spacial score (nSPS) is 22.3. The van der Waals surface area contributed by atoms with E-state index in [4.69, 9.17) is 9.47 Å². The maximum atomic E-state index is 12.5. The van der Waals surface area contributed by atoms with Gasteiger partial charge in [-0.2, -0.15) is 0 Å². The van der Waals surface area contributed by atoms with Gasteiger partial charge < -0.3 is 19.1 Å². The molecule has 8 heteroatoms. The Kier molecular flexibility index (Phi) is 6.10. The van der Waals surface area contributed by atoms with Crippen LogP contribution < -0.4 is 9.47 Å². The van der Waals surface area contributed by atoms with Gasteiger partial charge in [0.15, 0.2) is 5.75 Å². The summed E-state index contributed by atoms with van der Waals surface area (Å²) < 4.78 is 53.0. The third-order valence-corrected chi connectivity index (χ3v) is 5.12. The number of rotatable bonds is 8. The van der Waals surface area contributed by atoms with Crippen LogP contribution in [-0.2, 0) is 4.74 Å². The van der Waals surface area contributed by atoms with Crippen molar-refractivity contribution in [3.63, 3.8) is 0 Å². The minimum Gasteiger partial charge on any atom is -0.475 e. The van der Waals surface area contributed by atoms with E-state index in [9.17, 15) is 13.2 Å². The molecule has 0 radical (unpaired) electrons. The maximum Gasteiger partial charge on any atom is 0.573 e. The summed E-state index contributed by atoms with van der Waals surface area (Å²) in [5, 5.41) is 0. The highest BCUT2D eigenvalue weighted by Crippen LogP contribution is 2.47. The minimum atomic E-state index is -4.76. The monoisotopic (exact) mass is 402 g/mol. The van der Waals surface area contributed by atoms with E-state index in [0.29, 0.717) is 6.61 Å². The third-order valence-electron chi connectivity index (χ3n) is 5.12. The molecule has 1 aromatic rings. The molecule has 3 rings (SSSR count). The molecule has 0 unspecified atom stereocenters. The van der Waals surface area contributed by atoms with Crippen LogP contribution in [0.4, 0.5) is 13.2 Å². The lowest BCUT2D eigenvalue weighted by Gasteiger charge is -2.27. The number of aromatic nitrogens is 1. The number of pyridine rings is 1. The molecule has 5 nitrogen and oxygen atoms in total. The fourth-order valence-electron chi connectivity index (χ4n) is 3.44. The molecule has 0 amide bonds. The summed E-state index contributed by atoms with van der Waals surface area (Å²) in [6.45, 7) is 10.2. The first-order chi connectivity index (χ1) is 13.0. The molecule has 0 N–H and O–H groups in total. The summed E-state index contributed by atoms with van der Waals surface area (Å²) in [7, 11) is 0. The van der Waals surface area contributed by atoms with E-state index in [1.54, 1.807) is 0 Å². The highest BCUT2D eigenvalue weighted by Gasteiger charge is 2.45. The number of ether oxygens (including phenoxy) is 3. The lowest BCUT2D eigenvalue weighted by Crippen LogP contribution is -2.34. The van der Waals surface area contributed by atoms with Gasteiger partial charge in [0.25, 0.3) is 5.88 Å². The van der Waals surface area contributed by atoms with Gasteiger partial charge in [0.2, 0.25) is 0 Å². The Morgan fingerprint density at radius 2 is 2.00 bits per heavy atom. The molecule has 28 heavy (non-hydrogen) atoms. The number of alkyl halides is 3. The smallest absolute Gasteiger partial charge is 0.475 e. The molecule has 0 spiro atoms. The predicted octanol–water partition coefficient (Wildman–Crippen LogP) is 4.28. The van der Waals surface area contributed by atoms with Gasteiger partial charge in [0.1, 0.15) is 0 Å². The second kappa shape index (κ2) is 8.06. The summed E-state index contributed by atoms with van der Waals surface area (Å²) in [6.07, 6.45) is -0.0389. The number of nitrogens with zero attached hydrogens (tertiary/aromatic N) is 2. The number of hydrogen-bond donors (Lipinski definition) is 0. The first kappa shape index (κ1) is 21.2. The van der Waals surface area contributed by atoms with Gasteiger partial charge in [-0.05, 0) is 58.7 Å². The highest BCUT2D eigenvalue weighted by atomic mass is 19.4. The lowest BCUT2D eigenvalue weighted by molar-refractivity contribution is -0.275. The van der Waals surface area contributed by atoms with Crippen molar-refractivity contribution < 1.29 is 27.4 Å². The molecule has 0 aromatic carbocycles. The quantitative estimate of drug-likeness (QED) is 0.650. The zero-order valence-electron chi connectivity index (χ0n) is 16.7. The van der Waals surface area contributed by atoms with Crippen molar-refractivity contribution in [3.05, 3.63) is 18.3 Å². The van der Waals surface area contributed by atoms with Crippen molar-refractivity contribution in [2.45, 2.75) is 52.0 Å². The molecule has 1 atom stereocenters. The molecular weight excluding hydrogens is 373 g/mol. The molecule has 1 saturated heterocycles. The molecule has 1 aliphatic heterocycles. The van der Waals surface area contributed by atoms with Crippen molar-refractivity contribution in [3.8, 4) is 11.6 Å². The molecule has 2 aliphatic rings. The average Bonchev–Trinajstić information content (AvgIpc) is 3.20. The van der Waals surface area contributed by atoms with Crippen LogP contribution in [0, 0.1) is 11.3 Å². The van der Waals surface area contributed by atoms with Crippen LogP contribution in [0.2, 0.25) is 0 Å². The molecular formula is C20H29F3N2O3. The molecule has 158 valence electrons.